The first kappa shape index (κ1) is 12.0. The van der Waals surface area contributed by atoms with Crippen LogP contribution in [0.5, 0.6) is 0 Å². The predicted molar refractivity (Wildman–Crippen MR) is 73.4 cm³/mol. The highest BCUT2D eigenvalue weighted by Crippen LogP contribution is 2.16. The van der Waals surface area contributed by atoms with Crippen LogP contribution in [0.4, 0.5) is 11.6 Å². The molecule has 98 valence electrons. The molecule has 0 aliphatic carbocycles. The van der Waals surface area contributed by atoms with E-state index in [-0.39, 0.29) is 5.56 Å². The van der Waals surface area contributed by atoms with Gasteiger partial charge in [-0.15, -0.1) is 0 Å². The molecule has 0 spiro atoms. The van der Waals surface area contributed by atoms with Gasteiger partial charge >= 0.3 is 0 Å². The number of anilines is 2. The van der Waals surface area contributed by atoms with Gasteiger partial charge in [0.25, 0.3) is 0 Å². The SMILES string of the molecule is O=c1cc(-c2ccnc(Nc3cncnc3)n2)cc[nH]1. The standard InChI is InChI=1S/C13H10N6O/c20-12-5-9(1-3-16-12)11-2-4-17-13(19-11)18-10-6-14-8-15-7-10/h1-8H,(H,16,20)(H,17,18,19). The summed E-state index contributed by atoms with van der Waals surface area (Å²) < 4.78 is 0. The largest absolute Gasteiger partial charge is 0.329 e. The average Bonchev–Trinajstić information content (AvgIpc) is 2.49. The summed E-state index contributed by atoms with van der Waals surface area (Å²) in [5.74, 6) is 0.414. The van der Waals surface area contributed by atoms with Gasteiger partial charge in [-0.1, -0.05) is 0 Å². The lowest BCUT2D eigenvalue weighted by Gasteiger charge is -2.05. The third-order valence-corrected chi connectivity index (χ3v) is 2.54. The molecule has 0 saturated carbocycles. The van der Waals surface area contributed by atoms with E-state index in [0.717, 1.165) is 5.56 Å². The van der Waals surface area contributed by atoms with Crippen molar-refractivity contribution in [1.82, 2.24) is 24.9 Å². The molecular weight excluding hydrogens is 256 g/mol. The van der Waals surface area contributed by atoms with Crippen LogP contribution < -0.4 is 10.9 Å². The zero-order valence-corrected chi connectivity index (χ0v) is 10.3. The second kappa shape index (κ2) is 5.27. The molecule has 0 aromatic carbocycles. The molecular formula is C13H10N6O. The number of aromatic nitrogens is 5. The fraction of sp³-hybridized carbons (Fsp3) is 0. The van der Waals surface area contributed by atoms with Gasteiger partial charge in [0.05, 0.1) is 23.8 Å². The summed E-state index contributed by atoms with van der Waals surface area (Å²) in [6.45, 7) is 0. The van der Waals surface area contributed by atoms with E-state index in [1.54, 1.807) is 36.9 Å². The van der Waals surface area contributed by atoms with Crippen LogP contribution in [0.15, 0.2) is 54.1 Å². The molecule has 3 heterocycles. The van der Waals surface area contributed by atoms with E-state index in [1.165, 1.54) is 12.4 Å². The number of H-pyrrole nitrogens is 1. The Kier molecular flexibility index (Phi) is 3.15. The first-order chi connectivity index (χ1) is 9.81. The molecule has 3 aromatic heterocycles. The lowest BCUT2D eigenvalue weighted by atomic mass is 10.2. The number of nitrogens with zero attached hydrogens (tertiary/aromatic N) is 4. The van der Waals surface area contributed by atoms with Gasteiger partial charge in [-0.25, -0.2) is 19.9 Å². The van der Waals surface area contributed by atoms with Crippen LogP contribution in [0.3, 0.4) is 0 Å². The Morgan fingerprint density at radius 3 is 2.80 bits per heavy atom. The highest BCUT2D eigenvalue weighted by Gasteiger charge is 2.03. The number of pyridine rings is 1. The van der Waals surface area contributed by atoms with Crippen molar-refractivity contribution in [2.45, 2.75) is 0 Å². The van der Waals surface area contributed by atoms with Gasteiger partial charge in [0, 0.05) is 24.0 Å². The van der Waals surface area contributed by atoms with E-state index in [0.29, 0.717) is 17.3 Å². The van der Waals surface area contributed by atoms with Crippen molar-refractivity contribution in [2.75, 3.05) is 5.32 Å². The highest BCUT2D eigenvalue weighted by molar-refractivity contribution is 5.60. The molecule has 0 aliphatic rings. The van der Waals surface area contributed by atoms with Crippen LogP contribution in [0.1, 0.15) is 0 Å². The van der Waals surface area contributed by atoms with Crippen LogP contribution >= 0.6 is 0 Å². The minimum atomic E-state index is -0.174. The Labute approximate surface area is 113 Å². The van der Waals surface area contributed by atoms with E-state index in [2.05, 4.69) is 30.2 Å². The number of aromatic amines is 1. The molecule has 0 aliphatic heterocycles. The summed E-state index contributed by atoms with van der Waals surface area (Å²) in [5.41, 5.74) is 1.90. The normalized spacial score (nSPS) is 10.2. The van der Waals surface area contributed by atoms with Crippen LogP contribution in [-0.2, 0) is 0 Å². The summed E-state index contributed by atoms with van der Waals surface area (Å²) in [5, 5.41) is 3.00. The molecule has 0 bridgehead atoms. The molecule has 7 nitrogen and oxygen atoms in total. The van der Waals surface area contributed by atoms with Gasteiger partial charge in [0.2, 0.25) is 11.5 Å². The Hall–Kier alpha value is -3.09. The molecule has 2 N–H and O–H groups in total. The molecule has 3 rings (SSSR count). The van der Waals surface area contributed by atoms with Crippen molar-refractivity contribution >= 4 is 11.6 Å². The maximum atomic E-state index is 11.3. The van der Waals surface area contributed by atoms with Crippen molar-refractivity contribution in [3.8, 4) is 11.3 Å². The number of hydrogen-bond acceptors (Lipinski definition) is 6. The van der Waals surface area contributed by atoms with Crippen LogP contribution in [0, 0.1) is 0 Å². The van der Waals surface area contributed by atoms with E-state index in [1.807, 2.05) is 0 Å². The lowest BCUT2D eigenvalue weighted by Crippen LogP contribution is -2.03. The van der Waals surface area contributed by atoms with Gasteiger partial charge in [-0.2, -0.15) is 0 Å². The Bertz CT molecular complexity index is 771. The summed E-state index contributed by atoms with van der Waals surface area (Å²) in [6, 6.07) is 5.00. The summed E-state index contributed by atoms with van der Waals surface area (Å²) in [7, 11) is 0. The Balaban J connectivity index is 1.92. The highest BCUT2D eigenvalue weighted by atomic mass is 16.1. The van der Waals surface area contributed by atoms with Crippen LogP contribution in [-0.4, -0.2) is 24.9 Å². The molecule has 0 fully saturated rings. The van der Waals surface area contributed by atoms with Crippen molar-refractivity contribution in [2.24, 2.45) is 0 Å². The van der Waals surface area contributed by atoms with E-state index < -0.39 is 0 Å². The van der Waals surface area contributed by atoms with Gasteiger partial charge in [0.15, 0.2) is 0 Å². The fourth-order valence-electron chi connectivity index (χ4n) is 1.68. The van der Waals surface area contributed by atoms with Gasteiger partial charge < -0.3 is 10.3 Å². The van der Waals surface area contributed by atoms with Gasteiger partial charge in [-0.05, 0) is 12.1 Å². The zero-order valence-electron chi connectivity index (χ0n) is 10.3. The third-order valence-electron chi connectivity index (χ3n) is 2.54. The summed E-state index contributed by atoms with van der Waals surface area (Å²) >= 11 is 0. The smallest absolute Gasteiger partial charge is 0.248 e. The second-order valence-corrected chi connectivity index (χ2v) is 3.96. The minimum absolute atomic E-state index is 0.174. The number of nitrogens with one attached hydrogen (secondary N) is 2. The quantitative estimate of drug-likeness (QED) is 0.743. The lowest BCUT2D eigenvalue weighted by molar-refractivity contribution is 1.13. The average molecular weight is 266 g/mol. The molecule has 7 heteroatoms. The van der Waals surface area contributed by atoms with Crippen molar-refractivity contribution in [3.05, 3.63) is 59.7 Å². The number of rotatable bonds is 3. The number of hydrogen-bond donors (Lipinski definition) is 2. The van der Waals surface area contributed by atoms with Crippen molar-refractivity contribution in [3.63, 3.8) is 0 Å². The predicted octanol–water partition coefficient (Wildman–Crippen LogP) is 1.37. The monoisotopic (exact) mass is 266 g/mol. The van der Waals surface area contributed by atoms with Crippen molar-refractivity contribution in [1.29, 1.82) is 0 Å². The summed E-state index contributed by atoms with van der Waals surface area (Å²) in [4.78, 5) is 30.1. The minimum Gasteiger partial charge on any atom is -0.329 e. The molecule has 0 amide bonds. The first-order valence-electron chi connectivity index (χ1n) is 5.85. The molecule has 0 radical (unpaired) electrons. The molecule has 0 saturated heterocycles. The zero-order chi connectivity index (χ0) is 13.8. The van der Waals surface area contributed by atoms with E-state index in [9.17, 15) is 4.79 Å². The van der Waals surface area contributed by atoms with Crippen LogP contribution in [0.2, 0.25) is 0 Å². The molecule has 3 aromatic rings. The Morgan fingerprint density at radius 2 is 2.00 bits per heavy atom. The molecule has 0 atom stereocenters. The maximum Gasteiger partial charge on any atom is 0.248 e. The summed E-state index contributed by atoms with van der Waals surface area (Å²) in [6.07, 6.45) is 7.89. The topological polar surface area (TPSA) is 96.5 Å². The van der Waals surface area contributed by atoms with Gasteiger partial charge in [-0.3, -0.25) is 4.79 Å². The van der Waals surface area contributed by atoms with Crippen molar-refractivity contribution < 1.29 is 0 Å². The van der Waals surface area contributed by atoms with Gasteiger partial charge in [0.1, 0.15) is 6.33 Å². The van der Waals surface area contributed by atoms with E-state index >= 15 is 0 Å². The fourth-order valence-corrected chi connectivity index (χ4v) is 1.68. The van der Waals surface area contributed by atoms with E-state index in [4.69, 9.17) is 0 Å². The van der Waals surface area contributed by atoms with Crippen LogP contribution in [0.25, 0.3) is 11.3 Å². The first-order valence-corrected chi connectivity index (χ1v) is 5.85. The molecule has 20 heavy (non-hydrogen) atoms. The second-order valence-electron chi connectivity index (χ2n) is 3.96. The Morgan fingerprint density at radius 1 is 1.15 bits per heavy atom. The third kappa shape index (κ3) is 2.66. The maximum absolute atomic E-state index is 11.3. The molecule has 0 unspecified atom stereocenters.